The van der Waals surface area contributed by atoms with Crippen molar-refractivity contribution in [2.45, 2.75) is 207 Å². The van der Waals surface area contributed by atoms with Crippen LogP contribution in [0.2, 0.25) is 0 Å². The van der Waals surface area contributed by atoms with Gasteiger partial charge in [0.1, 0.15) is 19.3 Å². The molecule has 1 N–H and O–H groups in total. The topological polar surface area (TPSA) is 108 Å². The number of phosphoric ester groups is 1. The van der Waals surface area contributed by atoms with Crippen molar-refractivity contribution in [2.75, 3.05) is 19.8 Å². The van der Waals surface area contributed by atoms with Gasteiger partial charge in [0, 0.05) is 12.8 Å². The normalized spacial score (nSPS) is 13.5. The van der Waals surface area contributed by atoms with E-state index < -0.39 is 25.9 Å². The van der Waals surface area contributed by atoms with E-state index in [1.807, 2.05) is 0 Å². The minimum atomic E-state index is -4.36. The van der Waals surface area contributed by atoms with Gasteiger partial charge in [-0.15, -0.1) is 0 Å². The van der Waals surface area contributed by atoms with E-state index in [0.717, 1.165) is 57.8 Å². The van der Waals surface area contributed by atoms with Crippen molar-refractivity contribution < 1.29 is 37.6 Å². The van der Waals surface area contributed by atoms with E-state index in [0.29, 0.717) is 0 Å². The Labute approximate surface area is 295 Å². The van der Waals surface area contributed by atoms with E-state index in [9.17, 15) is 19.0 Å². The van der Waals surface area contributed by atoms with Crippen LogP contribution in [0.4, 0.5) is 0 Å². The first-order valence-corrected chi connectivity index (χ1v) is 21.5. The van der Waals surface area contributed by atoms with Crippen LogP contribution < -0.4 is 0 Å². The zero-order valence-corrected chi connectivity index (χ0v) is 32.3. The number of esters is 2. The monoisotopic (exact) mass is 703 g/mol. The van der Waals surface area contributed by atoms with Crippen molar-refractivity contribution in [3.8, 4) is 0 Å². The van der Waals surface area contributed by atoms with Crippen LogP contribution in [-0.2, 0) is 32.7 Å². The quantitative estimate of drug-likeness (QED) is 0.0295. The van der Waals surface area contributed by atoms with Gasteiger partial charge in [-0.3, -0.25) is 18.6 Å². The third kappa shape index (κ3) is 34.6. The third-order valence-electron chi connectivity index (χ3n) is 8.56. The Morgan fingerprint density at radius 1 is 0.542 bits per heavy atom. The van der Waals surface area contributed by atoms with Crippen molar-refractivity contribution >= 4 is 19.8 Å². The highest BCUT2D eigenvalue weighted by atomic mass is 31.2. The molecule has 0 spiro atoms. The maximum absolute atomic E-state index is 12.3. The molecule has 9 heteroatoms. The Kier molecular flexibility index (Phi) is 34.7. The first-order valence-electron chi connectivity index (χ1n) is 20.0. The molecule has 0 bridgehead atoms. The second-order valence-electron chi connectivity index (χ2n) is 13.3. The van der Waals surface area contributed by atoms with Gasteiger partial charge >= 0.3 is 19.8 Å². The Morgan fingerprint density at radius 3 is 1.23 bits per heavy atom. The second kappa shape index (κ2) is 35.6. The molecule has 48 heavy (non-hydrogen) atoms. The molecule has 0 aromatic rings. The first kappa shape index (κ1) is 46.8. The largest absolute Gasteiger partial charge is 0.472 e. The first-order chi connectivity index (χ1) is 23.3. The SMILES string of the molecule is CCCCCCCC/C=C\CCCCCCCC(=O)OC[C@H](COC(=O)CCCCCCCCCCCCCCC)OP(=O)(O)OCC. The van der Waals surface area contributed by atoms with E-state index >= 15 is 0 Å². The molecule has 0 fully saturated rings. The van der Waals surface area contributed by atoms with Gasteiger partial charge in [-0.2, -0.15) is 0 Å². The summed E-state index contributed by atoms with van der Waals surface area (Å²) in [4.78, 5) is 34.5. The molecule has 0 aromatic heterocycles. The van der Waals surface area contributed by atoms with E-state index in [4.69, 9.17) is 18.5 Å². The van der Waals surface area contributed by atoms with Crippen molar-refractivity contribution in [1.82, 2.24) is 0 Å². The van der Waals surface area contributed by atoms with Gasteiger partial charge in [-0.05, 0) is 45.4 Å². The molecule has 0 rings (SSSR count). The molecular weight excluding hydrogens is 627 g/mol. The predicted octanol–water partition coefficient (Wildman–Crippen LogP) is 12.1. The smallest absolute Gasteiger partial charge is 0.463 e. The highest BCUT2D eigenvalue weighted by molar-refractivity contribution is 7.47. The summed E-state index contributed by atoms with van der Waals surface area (Å²) < 4.78 is 32.7. The predicted molar refractivity (Wildman–Crippen MR) is 198 cm³/mol. The zero-order valence-electron chi connectivity index (χ0n) is 31.4. The fourth-order valence-electron chi connectivity index (χ4n) is 5.63. The van der Waals surface area contributed by atoms with Crippen LogP contribution in [0.5, 0.6) is 0 Å². The van der Waals surface area contributed by atoms with Gasteiger partial charge in [0.15, 0.2) is 0 Å². The number of phosphoric acid groups is 1. The lowest BCUT2D eigenvalue weighted by atomic mass is 10.0. The molecule has 0 heterocycles. The number of allylic oxidation sites excluding steroid dienone is 2. The molecule has 2 atom stereocenters. The lowest BCUT2D eigenvalue weighted by Gasteiger charge is -2.20. The molecule has 0 amide bonds. The standard InChI is InChI=1S/C39H75O8P/c1-4-7-9-11-13-15-17-19-20-22-24-26-28-30-32-34-39(41)45-36-37(47-48(42,43)46-6-3)35-44-38(40)33-31-29-27-25-23-21-18-16-14-12-10-8-5-2/h19-20,37H,4-18,21-36H2,1-3H3,(H,42,43)/b20-19-/t37-/m0/s1. The summed E-state index contributed by atoms with van der Waals surface area (Å²) in [6.07, 6.45) is 35.4. The van der Waals surface area contributed by atoms with Gasteiger partial charge in [0.25, 0.3) is 0 Å². The van der Waals surface area contributed by atoms with Gasteiger partial charge in [-0.1, -0.05) is 154 Å². The van der Waals surface area contributed by atoms with Crippen LogP contribution >= 0.6 is 7.82 Å². The highest BCUT2D eigenvalue weighted by Gasteiger charge is 2.28. The summed E-state index contributed by atoms with van der Waals surface area (Å²) in [6.45, 7) is 5.49. The van der Waals surface area contributed by atoms with Crippen molar-refractivity contribution in [3.05, 3.63) is 12.2 Å². The van der Waals surface area contributed by atoms with E-state index in [1.165, 1.54) is 109 Å². The fourth-order valence-corrected chi connectivity index (χ4v) is 6.52. The van der Waals surface area contributed by atoms with Gasteiger partial charge in [0.2, 0.25) is 0 Å². The Bertz CT molecular complexity index is 803. The maximum Gasteiger partial charge on any atom is 0.472 e. The number of unbranched alkanes of at least 4 members (excludes halogenated alkanes) is 23. The van der Waals surface area contributed by atoms with Crippen LogP contribution in [0.3, 0.4) is 0 Å². The molecule has 8 nitrogen and oxygen atoms in total. The van der Waals surface area contributed by atoms with E-state index in [-0.39, 0.29) is 32.7 Å². The van der Waals surface area contributed by atoms with Crippen molar-refractivity contribution in [3.63, 3.8) is 0 Å². The van der Waals surface area contributed by atoms with E-state index in [1.54, 1.807) is 6.92 Å². The van der Waals surface area contributed by atoms with Crippen molar-refractivity contribution in [1.29, 1.82) is 0 Å². The van der Waals surface area contributed by atoms with Crippen LogP contribution in [0.1, 0.15) is 201 Å². The number of hydrogen-bond donors (Lipinski definition) is 1. The Balaban J connectivity index is 4.04. The average Bonchev–Trinajstić information content (AvgIpc) is 3.06. The highest BCUT2D eigenvalue weighted by Crippen LogP contribution is 2.44. The lowest BCUT2D eigenvalue weighted by Crippen LogP contribution is -2.28. The summed E-state index contributed by atoms with van der Waals surface area (Å²) in [5.74, 6) is -0.792. The van der Waals surface area contributed by atoms with Crippen LogP contribution in [0.15, 0.2) is 12.2 Å². The molecule has 0 radical (unpaired) electrons. The molecule has 0 aliphatic heterocycles. The molecular formula is C39H75O8P. The van der Waals surface area contributed by atoms with Gasteiger partial charge < -0.3 is 14.4 Å². The van der Waals surface area contributed by atoms with Crippen LogP contribution in [0.25, 0.3) is 0 Å². The second-order valence-corrected chi connectivity index (χ2v) is 14.7. The summed E-state index contributed by atoms with van der Waals surface area (Å²) >= 11 is 0. The zero-order chi connectivity index (χ0) is 35.4. The van der Waals surface area contributed by atoms with Gasteiger partial charge in [-0.25, -0.2) is 4.57 Å². The number of ether oxygens (including phenoxy) is 2. The summed E-state index contributed by atoms with van der Waals surface area (Å²) in [7, 11) is -4.36. The van der Waals surface area contributed by atoms with Crippen LogP contribution in [0, 0.1) is 0 Å². The molecule has 0 saturated carbocycles. The molecule has 0 saturated heterocycles. The number of rotatable bonds is 37. The number of hydrogen-bond acceptors (Lipinski definition) is 7. The summed E-state index contributed by atoms with van der Waals surface area (Å²) in [6, 6.07) is 0. The lowest BCUT2D eigenvalue weighted by molar-refractivity contribution is -0.152. The van der Waals surface area contributed by atoms with Gasteiger partial charge in [0.05, 0.1) is 6.61 Å². The molecule has 284 valence electrons. The molecule has 0 aliphatic carbocycles. The van der Waals surface area contributed by atoms with E-state index in [2.05, 4.69) is 26.0 Å². The molecule has 1 unspecified atom stereocenters. The summed E-state index contributed by atoms with van der Waals surface area (Å²) in [5.41, 5.74) is 0. The number of carbonyl (C=O) groups excluding carboxylic acids is 2. The average molecular weight is 703 g/mol. The van der Waals surface area contributed by atoms with Crippen molar-refractivity contribution in [2.24, 2.45) is 0 Å². The summed E-state index contributed by atoms with van der Waals surface area (Å²) in [5, 5.41) is 0. The third-order valence-corrected chi connectivity index (χ3v) is 9.71. The fraction of sp³-hybridized carbons (Fsp3) is 0.897. The Hall–Kier alpha value is -1.21. The minimum absolute atomic E-state index is 0.0192. The molecule has 0 aromatic carbocycles. The van der Waals surface area contributed by atoms with Crippen LogP contribution in [-0.4, -0.2) is 42.8 Å². The Morgan fingerprint density at radius 2 is 0.875 bits per heavy atom. The minimum Gasteiger partial charge on any atom is -0.463 e. The maximum atomic E-state index is 12.3. The number of carbonyl (C=O) groups is 2. The molecule has 0 aliphatic rings.